The van der Waals surface area contributed by atoms with Crippen molar-refractivity contribution >= 4 is 34.7 Å². The smallest absolute Gasteiger partial charge is 0.274 e. The Bertz CT molecular complexity index is 1140. The number of ketones is 1. The highest BCUT2D eigenvalue weighted by molar-refractivity contribution is 6.35. The number of hydroxylamine groups is 1. The number of benzene rings is 3. The van der Waals surface area contributed by atoms with E-state index < -0.39 is 17.5 Å². The number of carbonyl (C=O) groups is 2. The van der Waals surface area contributed by atoms with Gasteiger partial charge in [-0.1, -0.05) is 17.7 Å². The second kappa shape index (κ2) is 9.02. The second-order valence-electron chi connectivity index (χ2n) is 6.44. The predicted molar refractivity (Wildman–Crippen MR) is 110 cm³/mol. The van der Waals surface area contributed by atoms with Crippen molar-refractivity contribution in [3.05, 3.63) is 93.5 Å². The first-order chi connectivity index (χ1) is 14.3. The van der Waals surface area contributed by atoms with Crippen LogP contribution >= 0.6 is 11.6 Å². The molecule has 0 saturated carbocycles. The quantitative estimate of drug-likeness (QED) is 0.417. The average Bonchev–Trinajstić information content (AvgIpc) is 2.70. The van der Waals surface area contributed by atoms with Crippen molar-refractivity contribution in [2.24, 2.45) is 0 Å². The summed E-state index contributed by atoms with van der Waals surface area (Å²) < 4.78 is 26.9. The fourth-order valence-electron chi connectivity index (χ4n) is 2.83. The van der Waals surface area contributed by atoms with Crippen molar-refractivity contribution < 1.29 is 23.2 Å². The normalized spacial score (nSPS) is 10.6. The first kappa shape index (κ1) is 21.4. The molecule has 0 atom stereocenters. The highest BCUT2D eigenvalue weighted by Crippen LogP contribution is 2.28. The molecule has 0 unspecified atom stereocenters. The van der Waals surface area contributed by atoms with Crippen molar-refractivity contribution in [1.29, 1.82) is 0 Å². The number of carbonyl (C=O) groups excluding carboxylic acids is 2. The molecule has 8 heteroatoms. The average molecular weight is 431 g/mol. The van der Waals surface area contributed by atoms with Gasteiger partial charge in [0.05, 0.1) is 17.8 Å². The SMILES string of the molecule is CONC(=O)c1ccc(C)c(C(=O)c2ccc(Nc3ccc(F)cc3F)cc2Cl)c1. The molecule has 0 aliphatic carbocycles. The van der Waals surface area contributed by atoms with Crippen LogP contribution in [-0.2, 0) is 4.84 Å². The van der Waals surface area contributed by atoms with E-state index in [9.17, 15) is 18.4 Å². The Balaban J connectivity index is 1.88. The zero-order valence-electron chi connectivity index (χ0n) is 16.1. The zero-order chi connectivity index (χ0) is 21.8. The van der Waals surface area contributed by atoms with E-state index in [4.69, 9.17) is 11.6 Å². The van der Waals surface area contributed by atoms with Crippen LogP contribution in [0.3, 0.4) is 0 Å². The molecule has 0 aromatic heterocycles. The predicted octanol–water partition coefficient (Wildman–Crippen LogP) is 5.19. The highest BCUT2D eigenvalue weighted by Gasteiger charge is 2.18. The fraction of sp³-hybridized carbons (Fsp3) is 0.0909. The Morgan fingerprint density at radius 3 is 2.40 bits per heavy atom. The summed E-state index contributed by atoms with van der Waals surface area (Å²) >= 11 is 6.30. The van der Waals surface area contributed by atoms with Crippen molar-refractivity contribution in [2.45, 2.75) is 6.92 Å². The Morgan fingerprint density at radius 2 is 1.73 bits per heavy atom. The third-order valence-electron chi connectivity index (χ3n) is 4.36. The van der Waals surface area contributed by atoms with Crippen LogP contribution in [0.4, 0.5) is 20.2 Å². The van der Waals surface area contributed by atoms with Crippen LogP contribution in [0.25, 0.3) is 0 Å². The van der Waals surface area contributed by atoms with Crippen LogP contribution in [0, 0.1) is 18.6 Å². The van der Waals surface area contributed by atoms with Gasteiger partial charge in [-0.3, -0.25) is 14.4 Å². The molecule has 5 nitrogen and oxygen atoms in total. The molecule has 3 aromatic rings. The van der Waals surface area contributed by atoms with E-state index in [1.807, 2.05) is 0 Å². The van der Waals surface area contributed by atoms with E-state index in [1.54, 1.807) is 25.1 Å². The van der Waals surface area contributed by atoms with Gasteiger partial charge in [-0.05, 0) is 55.0 Å². The van der Waals surface area contributed by atoms with Crippen molar-refractivity contribution in [2.75, 3.05) is 12.4 Å². The van der Waals surface area contributed by atoms with Crippen molar-refractivity contribution in [1.82, 2.24) is 5.48 Å². The Hall–Kier alpha value is -3.29. The third kappa shape index (κ3) is 4.64. The standard InChI is InChI=1S/C22H17ClF2N2O3/c1-12-3-4-13(22(29)27-30-2)9-17(12)21(28)16-7-6-15(11-18(16)23)26-20-8-5-14(24)10-19(20)25/h3-11,26H,1-2H3,(H,27,29). The van der Waals surface area contributed by atoms with E-state index in [0.29, 0.717) is 16.8 Å². The molecule has 0 radical (unpaired) electrons. The Labute approximate surface area is 176 Å². The van der Waals surface area contributed by atoms with Gasteiger partial charge in [0.2, 0.25) is 0 Å². The molecule has 0 fully saturated rings. The van der Waals surface area contributed by atoms with Gasteiger partial charge in [0.15, 0.2) is 5.78 Å². The number of amides is 1. The number of halogens is 3. The molecule has 30 heavy (non-hydrogen) atoms. The molecular weight excluding hydrogens is 414 g/mol. The second-order valence-corrected chi connectivity index (χ2v) is 6.85. The molecule has 0 spiro atoms. The summed E-state index contributed by atoms with van der Waals surface area (Å²) in [6.45, 7) is 1.74. The number of hydrogen-bond acceptors (Lipinski definition) is 4. The fourth-order valence-corrected chi connectivity index (χ4v) is 3.09. The number of anilines is 2. The summed E-state index contributed by atoms with van der Waals surface area (Å²) in [7, 11) is 1.31. The Morgan fingerprint density at radius 1 is 0.967 bits per heavy atom. The maximum Gasteiger partial charge on any atom is 0.274 e. The van der Waals surface area contributed by atoms with E-state index in [2.05, 4.69) is 15.6 Å². The van der Waals surface area contributed by atoms with Gasteiger partial charge in [0.25, 0.3) is 5.91 Å². The van der Waals surface area contributed by atoms with Crippen molar-refractivity contribution in [3.8, 4) is 0 Å². The Kier molecular flexibility index (Phi) is 6.44. The van der Waals surface area contributed by atoms with Crippen LogP contribution < -0.4 is 10.8 Å². The van der Waals surface area contributed by atoms with E-state index in [1.165, 1.54) is 31.4 Å². The van der Waals surface area contributed by atoms with E-state index >= 15 is 0 Å². The van der Waals surface area contributed by atoms with Crippen LogP contribution in [0.2, 0.25) is 5.02 Å². The summed E-state index contributed by atoms with van der Waals surface area (Å²) in [5, 5.41) is 2.93. The zero-order valence-corrected chi connectivity index (χ0v) is 16.8. The lowest BCUT2D eigenvalue weighted by Gasteiger charge is -2.12. The molecule has 2 N–H and O–H groups in total. The maximum atomic E-state index is 13.8. The highest BCUT2D eigenvalue weighted by atomic mass is 35.5. The molecule has 0 bridgehead atoms. The molecule has 0 aliphatic rings. The van der Waals surface area contributed by atoms with Crippen LogP contribution in [-0.4, -0.2) is 18.8 Å². The lowest BCUT2D eigenvalue weighted by molar-refractivity contribution is 0.0537. The topological polar surface area (TPSA) is 67.4 Å². The minimum absolute atomic E-state index is 0.0687. The molecule has 1 amide bonds. The minimum atomic E-state index is -0.756. The monoisotopic (exact) mass is 430 g/mol. The minimum Gasteiger partial charge on any atom is -0.353 e. The number of aryl methyl sites for hydroxylation is 1. The molecule has 154 valence electrons. The molecule has 3 aromatic carbocycles. The lowest BCUT2D eigenvalue weighted by Crippen LogP contribution is -2.22. The van der Waals surface area contributed by atoms with Gasteiger partial charge < -0.3 is 5.32 Å². The third-order valence-corrected chi connectivity index (χ3v) is 4.68. The molecule has 3 rings (SSSR count). The van der Waals surface area contributed by atoms with Gasteiger partial charge in [-0.2, -0.15) is 0 Å². The molecule has 0 heterocycles. The van der Waals surface area contributed by atoms with Crippen LogP contribution in [0.1, 0.15) is 31.8 Å². The lowest BCUT2D eigenvalue weighted by atomic mass is 9.96. The van der Waals surface area contributed by atoms with Gasteiger partial charge in [-0.15, -0.1) is 0 Å². The number of nitrogens with one attached hydrogen (secondary N) is 2. The largest absolute Gasteiger partial charge is 0.353 e. The summed E-state index contributed by atoms with van der Waals surface area (Å²) in [6.07, 6.45) is 0. The van der Waals surface area contributed by atoms with Gasteiger partial charge in [0, 0.05) is 28.4 Å². The maximum absolute atomic E-state index is 13.8. The molecule has 0 saturated heterocycles. The molecular formula is C22H17ClF2N2O3. The van der Waals surface area contributed by atoms with Gasteiger partial charge >= 0.3 is 0 Å². The summed E-state index contributed by atoms with van der Waals surface area (Å²) in [5.74, 6) is -2.30. The van der Waals surface area contributed by atoms with Crippen molar-refractivity contribution in [3.63, 3.8) is 0 Å². The van der Waals surface area contributed by atoms with E-state index in [-0.39, 0.29) is 27.6 Å². The van der Waals surface area contributed by atoms with Gasteiger partial charge in [-0.25, -0.2) is 14.3 Å². The molecule has 0 aliphatic heterocycles. The van der Waals surface area contributed by atoms with Crippen LogP contribution in [0.15, 0.2) is 54.6 Å². The van der Waals surface area contributed by atoms with Gasteiger partial charge in [0.1, 0.15) is 11.6 Å². The first-order valence-electron chi connectivity index (χ1n) is 8.80. The first-order valence-corrected chi connectivity index (χ1v) is 9.18. The van der Waals surface area contributed by atoms with E-state index in [0.717, 1.165) is 12.1 Å². The number of hydrogen-bond donors (Lipinski definition) is 2. The number of rotatable bonds is 6. The van der Waals surface area contributed by atoms with Crippen LogP contribution in [0.5, 0.6) is 0 Å². The summed E-state index contributed by atoms with van der Waals surface area (Å²) in [6, 6.07) is 12.4. The summed E-state index contributed by atoms with van der Waals surface area (Å²) in [5.41, 5.74) is 4.14. The summed E-state index contributed by atoms with van der Waals surface area (Å²) in [4.78, 5) is 29.6.